The quantitative estimate of drug-likeness (QED) is 0.587. The molecular weight excluding hydrogens is 216 g/mol. The van der Waals surface area contributed by atoms with Crippen LogP contribution in [0.25, 0.3) is 0 Å². The number of hydrogen-bond donors (Lipinski definition) is 0. The van der Waals surface area contributed by atoms with Crippen LogP contribution >= 0.6 is 11.6 Å². The summed E-state index contributed by atoms with van der Waals surface area (Å²) >= 11 is 5.51. The molecule has 0 heterocycles. The summed E-state index contributed by atoms with van der Waals surface area (Å²) < 4.78 is 10.3. The average molecular weight is 229 g/mol. The van der Waals surface area contributed by atoms with Gasteiger partial charge in [-0.3, -0.25) is 4.79 Å². The van der Waals surface area contributed by atoms with Crippen LogP contribution in [0.2, 0.25) is 0 Å². The molecule has 15 heavy (non-hydrogen) atoms. The van der Waals surface area contributed by atoms with E-state index in [1.807, 2.05) is 6.92 Å². The van der Waals surface area contributed by atoms with E-state index < -0.39 is 0 Å². The van der Waals surface area contributed by atoms with E-state index in [4.69, 9.17) is 21.1 Å². The highest BCUT2D eigenvalue weighted by molar-refractivity contribution is 6.30. The van der Waals surface area contributed by atoms with E-state index in [0.29, 0.717) is 17.1 Å². The molecule has 3 nitrogen and oxygen atoms in total. The Kier molecular flexibility index (Phi) is 3.97. The first-order valence-corrected chi connectivity index (χ1v) is 4.99. The molecule has 0 aromatic heterocycles. The molecule has 0 saturated heterocycles. The Balaban J connectivity index is 3.30. The molecule has 0 aliphatic carbocycles. The van der Waals surface area contributed by atoms with Crippen molar-refractivity contribution in [2.45, 2.75) is 6.92 Å². The fourth-order valence-electron chi connectivity index (χ4n) is 1.45. The van der Waals surface area contributed by atoms with Gasteiger partial charge in [-0.15, -0.1) is 11.6 Å². The summed E-state index contributed by atoms with van der Waals surface area (Å²) in [5, 5.41) is 0. The lowest BCUT2D eigenvalue weighted by atomic mass is 10.1. The van der Waals surface area contributed by atoms with Gasteiger partial charge in [-0.05, 0) is 19.1 Å². The maximum Gasteiger partial charge on any atom is 0.181 e. The summed E-state index contributed by atoms with van der Waals surface area (Å²) in [6, 6.07) is 3.40. The largest absolute Gasteiger partial charge is 0.496 e. The van der Waals surface area contributed by atoms with Crippen LogP contribution in [0.15, 0.2) is 12.1 Å². The van der Waals surface area contributed by atoms with E-state index in [1.54, 1.807) is 19.2 Å². The first-order chi connectivity index (χ1) is 7.15. The van der Waals surface area contributed by atoms with Crippen molar-refractivity contribution in [3.8, 4) is 11.5 Å². The zero-order valence-corrected chi connectivity index (χ0v) is 9.72. The fraction of sp³-hybridized carbons (Fsp3) is 0.364. The Hall–Kier alpha value is -1.22. The van der Waals surface area contributed by atoms with Crippen molar-refractivity contribution in [3.63, 3.8) is 0 Å². The minimum Gasteiger partial charge on any atom is -0.496 e. The summed E-state index contributed by atoms with van der Waals surface area (Å²) in [6.45, 7) is 1.84. The SMILES string of the molecule is COc1ccc(C(=O)CCl)c(OC)c1C. The molecular formula is C11H13ClO3. The summed E-state index contributed by atoms with van der Waals surface area (Å²) in [4.78, 5) is 11.5. The van der Waals surface area contributed by atoms with Crippen molar-refractivity contribution < 1.29 is 14.3 Å². The number of ketones is 1. The maximum absolute atomic E-state index is 11.5. The van der Waals surface area contributed by atoms with Crippen LogP contribution in [-0.2, 0) is 0 Å². The van der Waals surface area contributed by atoms with Crippen LogP contribution in [0.5, 0.6) is 11.5 Å². The van der Waals surface area contributed by atoms with Crippen molar-refractivity contribution in [1.82, 2.24) is 0 Å². The number of ether oxygens (including phenoxy) is 2. The van der Waals surface area contributed by atoms with Crippen molar-refractivity contribution in [2.24, 2.45) is 0 Å². The molecule has 1 rings (SSSR count). The highest BCUT2D eigenvalue weighted by atomic mass is 35.5. The fourth-order valence-corrected chi connectivity index (χ4v) is 1.59. The second-order valence-corrected chi connectivity index (χ2v) is 3.30. The second kappa shape index (κ2) is 5.03. The molecule has 0 saturated carbocycles. The van der Waals surface area contributed by atoms with Gasteiger partial charge in [0.1, 0.15) is 11.5 Å². The zero-order chi connectivity index (χ0) is 11.4. The average Bonchev–Trinajstić information content (AvgIpc) is 2.27. The number of hydrogen-bond acceptors (Lipinski definition) is 3. The molecule has 1 aromatic rings. The molecule has 0 N–H and O–H groups in total. The van der Waals surface area contributed by atoms with Gasteiger partial charge in [0.15, 0.2) is 5.78 Å². The number of halogens is 1. The maximum atomic E-state index is 11.5. The molecule has 0 spiro atoms. The summed E-state index contributed by atoms with van der Waals surface area (Å²) in [5.41, 5.74) is 1.29. The van der Waals surface area contributed by atoms with Crippen LogP contribution < -0.4 is 9.47 Å². The molecule has 0 aliphatic rings. The third-order valence-corrected chi connectivity index (χ3v) is 2.44. The molecule has 1 aromatic carbocycles. The molecule has 0 radical (unpaired) electrons. The number of alkyl halides is 1. The number of carbonyl (C=O) groups is 1. The highest BCUT2D eigenvalue weighted by Gasteiger charge is 2.15. The van der Waals surface area contributed by atoms with Crippen LogP contribution in [0.3, 0.4) is 0 Å². The zero-order valence-electron chi connectivity index (χ0n) is 8.96. The Morgan fingerprint density at radius 1 is 1.33 bits per heavy atom. The van der Waals surface area contributed by atoms with Crippen LogP contribution in [0, 0.1) is 6.92 Å². The lowest BCUT2D eigenvalue weighted by Gasteiger charge is -2.12. The van der Waals surface area contributed by atoms with Crippen molar-refractivity contribution in [2.75, 3.05) is 20.1 Å². The summed E-state index contributed by atoms with van der Waals surface area (Å²) in [6.07, 6.45) is 0. The van der Waals surface area contributed by atoms with E-state index in [2.05, 4.69) is 0 Å². The van der Waals surface area contributed by atoms with E-state index in [-0.39, 0.29) is 11.7 Å². The third-order valence-electron chi connectivity index (χ3n) is 2.20. The van der Waals surface area contributed by atoms with Gasteiger partial charge in [-0.2, -0.15) is 0 Å². The molecule has 0 fully saturated rings. The molecule has 0 aliphatic heterocycles. The van der Waals surface area contributed by atoms with Gasteiger partial charge in [0.25, 0.3) is 0 Å². The second-order valence-electron chi connectivity index (χ2n) is 3.03. The monoisotopic (exact) mass is 228 g/mol. The Morgan fingerprint density at radius 3 is 2.47 bits per heavy atom. The van der Waals surface area contributed by atoms with E-state index >= 15 is 0 Å². The van der Waals surface area contributed by atoms with E-state index in [9.17, 15) is 4.79 Å². The molecule has 0 unspecified atom stereocenters. The Labute approximate surface area is 93.9 Å². The number of Topliss-reactive ketones (excluding diaryl/α,β-unsaturated/α-hetero) is 1. The molecule has 0 bridgehead atoms. The lowest BCUT2D eigenvalue weighted by Crippen LogP contribution is -2.05. The van der Waals surface area contributed by atoms with Gasteiger partial charge < -0.3 is 9.47 Å². The van der Waals surface area contributed by atoms with Crippen LogP contribution in [0.4, 0.5) is 0 Å². The van der Waals surface area contributed by atoms with Crippen molar-refractivity contribution >= 4 is 17.4 Å². The van der Waals surface area contributed by atoms with Crippen LogP contribution in [-0.4, -0.2) is 25.9 Å². The normalized spacial score (nSPS) is 9.87. The summed E-state index contributed by atoms with van der Waals surface area (Å²) in [7, 11) is 3.09. The number of methoxy groups -OCH3 is 2. The Bertz CT molecular complexity index is 374. The molecule has 0 atom stereocenters. The van der Waals surface area contributed by atoms with E-state index in [1.165, 1.54) is 7.11 Å². The first-order valence-electron chi connectivity index (χ1n) is 4.46. The van der Waals surface area contributed by atoms with Crippen molar-refractivity contribution in [3.05, 3.63) is 23.3 Å². The van der Waals surface area contributed by atoms with Gasteiger partial charge in [-0.1, -0.05) is 0 Å². The van der Waals surface area contributed by atoms with Gasteiger partial charge >= 0.3 is 0 Å². The summed E-state index contributed by atoms with van der Waals surface area (Å²) in [5.74, 6) is 1.01. The molecule has 82 valence electrons. The molecule has 4 heteroatoms. The minimum absolute atomic E-state index is 0.0534. The smallest absolute Gasteiger partial charge is 0.181 e. The highest BCUT2D eigenvalue weighted by Crippen LogP contribution is 2.31. The van der Waals surface area contributed by atoms with Gasteiger partial charge in [0.05, 0.1) is 25.7 Å². The predicted octanol–water partition coefficient (Wildman–Crippen LogP) is 2.43. The predicted molar refractivity (Wildman–Crippen MR) is 59.3 cm³/mol. The number of rotatable bonds is 4. The van der Waals surface area contributed by atoms with Gasteiger partial charge in [0, 0.05) is 5.56 Å². The minimum atomic E-state index is -0.153. The topological polar surface area (TPSA) is 35.5 Å². The van der Waals surface area contributed by atoms with Gasteiger partial charge in [-0.25, -0.2) is 0 Å². The third kappa shape index (κ3) is 2.23. The number of benzene rings is 1. The van der Waals surface area contributed by atoms with Gasteiger partial charge in [0.2, 0.25) is 0 Å². The number of carbonyl (C=O) groups excluding carboxylic acids is 1. The lowest BCUT2D eigenvalue weighted by molar-refractivity contribution is 0.101. The van der Waals surface area contributed by atoms with Crippen LogP contribution in [0.1, 0.15) is 15.9 Å². The molecule has 0 amide bonds. The first kappa shape index (κ1) is 11.9. The standard InChI is InChI=1S/C11H13ClO3/c1-7-10(14-2)5-4-8(9(13)6-12)11(7)15-3/h4-5H,6H2,1-3H3. The Morgan fingerprint density at radius 2 is 2.00 bits per heavy atom. The van der Waals surface area contributed by atoms with E-state index in [0.717, 1.165) is 5.56 Å². The van der Waals surface area contributed by atoms with Crippen molar-refractivity contribution in [1.29, 1.82) is 0 Å².